The largest absolute Gasteiger partial charge is 0.493 e. The summed E-state index contributed by atoms with van der Waals surface area (Å²) in [6.07, 6.45) is 0. The average Bonchev–Trinajstić information content (AvgIpc) is 2.49. The fourth-order valence-electron chi connectivity index (χ4n) is 1.59. The number of fused-ring (bicyclic) bond motifs is 1. The predicted molar refractivity (Wildman–Crippen MR) is 56.9 cm³/mol. The smallest absolute Gasteiger partial charge is 0.123 e. The maximum absolute atomic E-state index is 12.9. The Kier molecular flexibility index (Phi) is 3.77. The Labute approximate surface area is 89.5 Å². The summed E-state index contributed by atoms with van der Waals surface area (Å²) < 4.78 is 23.3. The van der Waals surface area contributed by atoms with Crippen molar-refractivity contribution < 1.29 is 13.9 Å². The Morgan fingerprint density at radius 2 is 2.36 bits per heavy atom. The minimum atomic E-state index is -0.217. The zero-order chi connectivity index (χ0) is 9.26. The quantitative estimate of drug-likeness (QED) is 0.753. The van der Waals surface area contributed by atoms with Crippen LogP contribution in [0.4, 0.5) is 4.39 Å². The first kappa shape index (κ1) is 11.3. The summed E-state index contributed by atoms with van der Waals surface area (Å²) in [5.41, 5.74) is 0.918. The van der Waals surface area contributed by atoms with Gasteiger partial charge in [0.05, 0.1) is 13.2 Å². The first-order valence-corrected chi connectivity index (χ1v) is 4.22. The SMILES string of the molecule is COC[C@H]1COc2ccc(F)cc21.S. The van der Waals surface area contributed by atoms with E-state index in [4.69, 9.17) is 9.47 Å². The van der Waals surface area contributed by atoms with Crippen molar-refractivity contribution in [3.05, 3.63) is 29.6 Å². The van der Waals surface area contributed by atoms with Gasteiger partial charge in [-0.3, -0.25) is 0 Å². The molecule has 0 aliphatic carbocycles. The van der Waals surface area contributed by atoms with Crippen molar-refractivity contribution in [1.29, 1.82) is 0 Å². The van der Waals surface area contributed by atoms with Crippen molar-refractivity contribution in [3.8, 4) is 5.75 Å². The zero-order valence-corrected chi connectivity index (χ0v) is 8.92. The normalized spacial score (nSPS) is 18.3. The molecule has 1 aromatic rings. The standard InChI is InChI=1S/C10H11FO2.H2S/c1-12-5-7-6-13-10-3-2-8(11)4-9(7)10;/h2-4,7H,5-6H2,1H3;1H2/t7-;/m0./s1. The molecule has 1 atom stereocenters. The number of methoxy groups -OCH3 is 1. The molecule has 0 unspecified atom stereocenters. The Balaban J connectivity index is 0.000000980. The van der Waals surface area contributed by atoms with E-state index in [1.165, 1.54) is 12.1 Å². The van der Waals surface area contributed by atoms with Crippen LogP contribution in [0.25, 0.3) is 0 Å². The fraction of sp³-hybridized carbons (Fsp3) is 0.400. The van der Waals surface area contributed by atoms with Gasteiger partial charge in [0, 0.05) is 18.6 Å². The monoisotopic (exact) mass is 216 g/mol. The fourth-order valence-corrected chi connectivity index (χ4v) is 1.59. The molecular formula is C10H13FO2S. The topological polar surface area (TPSA) is 18.5 Å². The van der Waals surface area contributed by atoms with Gasteiger partial charge in [0.1, 0.15) is 11.6 Å². The number of halogens is 1. The lowest BCUT2D eigenvalue weighted by molar-refractivity contribution is 0.166. The Morgan fingerprint density at radius 1 is 1.57 bits per heavy atom. The molecule has 0 N–H and O–H groups in total. The summed E-state index contributed by atoms with van der Waals surface area (Å²) in [7, 11) is 1.64. The third-order valence-electron chi connectivity index (χ3n) is 2.22. The minimum Gasteiger partial charge on any atom is -0.493 e. The molecule has 2 rings (SSSR count). The lowest BCUT2D eigenvalue weighted by atomic mass is 10.0. The molecule has 0 spiro atoms. The molecule has 1 aliphatic rings. The highest BCUT2D eigenvalue weighted by atomic mass is 32.1. The van der Waals surface area contributed by atoms with Crippen LogP contribution in [0, 0.1) is 5.82 Å². The molecule has 0 amide bonds. The number of hydrogen-bond acceptors (Lipinski definition) is 2. The molecule has 0 saturated heterocycles. The summed E-state index contributed by atoms with van der Waals surface area (Å²) in [6.45, 7) is 1.17. The van der Waals surface area contributed by atoms with Crippen molar-refractivity contribution >= 4 is 13.5 Å². The number of rotatable bonds is 2. The summed E-state index contributed by atoms with van der Waals surface area (Å²) in [5.74, 6) is 0.740. The summed E-state index contributed by atoms with van der Waals surface area (Å²) in [4.78, 5) is 0. The van der Waals surface area contributed by atoms with E-state index in [1.54, 1.807) is 13.2 Å². The number of ether oxygens (including phenoxy) is 2. The number of benzene rings is 1. The summed E-state index contributed by atoms with van der Waals surface area (Å²) >= 11 is 0. The second kappa shape index (κ2) is 4.66. The molecule has 1 aromatic carbocycles. The summed E-state index contributed by atoms with van der Waals surface area (Å²) in [6, 6.07) is 4.60. The molecule has 2 nitrogen and oxygen atoms in total. The van der Waals surface area contributed by atoms with Crippen LogP contribution in [-0.2, 0) is 4.74 Å². The van der Waals surface area contributed by atoms with E-state index in [9.17, 15) is 4.39 Å². The lowest BCUT2D eigenvalue weighted by Crippen LogP contribution is -2.07. The molecule has 1 heterocycles. The van der Waals surface area contributed by atoms with Gasteiger partial charge in [0.25, 0.3) is 0 Å². The van der Waals surface area contributed by atoms with Crippen LogP contribution in [0.1, 0.15) is 11.5 Å². The molecule has 1 aliphatic heterocycles. The van der Waals surface area contributed by atoms with E-state index < -0.39 is 0 Å². The Bertz CT molecular complexity index is 315. The average molecular weight is 216 g/mol. The third-order valence-corrected chi connectivity index (χ3v) is 2.22. The van der Waals surface area contributed by atoms with Crippen LogP contribution in [-0.4, -0.2) is 20.3 Å². The molecule has 0 fully saturated rings. The first-order valence-electron chi connectivity index (χ1n) is 4.22. The van der Waals surface area contributed by atoms with Crippen LogP contribution >= 0.6 is 13.5 Å². The van der Waals surface area contributed by atoms with Crippen LogP contribution in [0.2, 0.25) is 0 Å². The highest BCUT2D eigenvalue weighted by Crippen LogP contribution is 2.34. The van der Waals surface area contributed by atoms with Gasteiger partial charge < -0.3 is 9.47 Å². The predicted octanol–water partition coefficient (Wildman–Crippen LogP) is 2.06. The zero-order valence-electron chi connectivity index (χ0n) is 7.92. The van der Waals surface area contributed by atoms with Gasteiger partial charge in [0.15, 0.2) is 0 Å². The highest BCUT2D eigenvalue weighted by Gasteiger charge is 2.24. The lowest BCUT2D eigenvalue weighted by Gasteiger charge is -2.05. The van der Waals surface area contributed by atoms with Gasteiger partial charge in [-0.15, -0.1) is 0 Å². The molecule has 78 valence electrons. The van der Waals surface area contributed by atoms with E-state index in [-0.39, 0.29) is 25.2 Å². The Morgan fingerprint density at radius 3 is 3.07 bits per heavy atom. The second-order valence-electron chi connectivity index (χ2n) is 3.15. The van der Waals surface area contributed by atoms with Crippen molar-refractivity contribution in [1.82, 2.24) is 0 Å². The molecule has 0 aromatic heterocycles. The first-order chi connectivity index (χ1) is 6.31. The minimum absolute atomic E-state index is 0. The van der Waals surface area contributed by atoms with Crippen LogP contribution in [0.5, 0.6) is 5.75 Å². The van der Waals surface area contributed by atoms with Crippen molar-refractivity contribution in [2.45, 2.75) is 5.92 Å². The molecule has 0 bridgehead atoms. The maximum atomic E-state index is 12.9. The van der Waals surface area contributed by atoms with Crippen LogP contribution < -0.4 is 4.74 Å². The number of hydrogen-bond donors (Lipinski definition) is 0. The van der Waals surface area contributed by atoms with E-state index in [1.807, 2.05) is 0 Å². The van der Waals surface area contributed by atoms with Gasteiger partial charge in [0.2, 0.25) is 0 Å². The molecular weight excluding hydrogens is 203 g/mol. The molecule has 0 saturated carbocycles. The molecule has 14 heavy (non-hydrogen) atoms. The van der Waals surface area contributed by atoms with E-state index in [2.05, 4.69) is 0 Å². The summed E-state index contributed by atoms with van der Waals surface area (Å²) in [5, 5.41) is 0. The maximum Gasteiger partial charge on any atom is 0.123 e. The molecule has 0 radical (unpaired) electrons. The van der Waals surface area contributed by atoms with Crippen molar-refractivity contribution in [2.24, 2.45) is 0 Å². The van der Waals surface area contributed by atoms with Gasteiger partial charge in [-0.25, -0.2) is 4.39 Å². The van der Waals surface area contributed by atoms with Crippen molar-refractivity contribution in [3.63, 3.8) is 0 Å². The van der Waals surface area contributed by atoms with Gasteiger partial charge in [-0.05, 0) is 18.2 Å². The van der Waals surface area contributed by atoms with E-state index >= 15 is 0 Å². The Hall–Kier alpha value is -0.740. The van der Waals surface area contributed by atoms with Gasteiger partial charge >= 0.3 is 0 Å². The van der Waals surface area contributed by atoms with Gasteiger partial charge in [-0.1, -0.05) is 0 Å². The highest BCUT2D eigenvalue weighted by molar-refractivity contribution is 7.59. The van der Waals surface area contributed by atoms with E-state index in [0.717, 1.165) is 11.3 Å². The van der Waals surface area contributed by atoms with Crippen LogP contribution in [0.15, 0.2) is 18.2 Å². The second-order valence-corrected chi connectivity index (χ2v) is 3.15. The third kappa shape index (κ3) is 2.01. The van der Waals surface area contributed by atoms with Crippen molar-refractivity contribution in [2.75, 3.05) is 20.3 Å². The van der Waals surface area contributed by atoms with Gasteiger partial charge in [-0.2, -0.15) is 13.5 Å². The molecule has 4 heteroatoms. The van der Waals surface area contributed by atoms with Crippen LogP contribution in [0.3, 0.4) is 0 Å². The van der Waals surface area contributed by atoms with E-state index in [0.29, 0.717) is 13.2 Å².